The van der Waals surface area contributed by atoms with Gasteiger partial charge in [-0.1, -0.05) is 110 Å². The lowest BCUT2D eigenvalue weighted by atomic mass is 10.3. The van der Waals surface area contributed by atoms with Gasteiger partial charge in [0, 0.05) is 0 Å². The quantitative estimate of drug-likeness (QED) is 0.252. The Morgan fingerprint density at radius 3 is 1.15 bits per heavy atom. The summed E-state index contributed by atoms with van der Waals surface area (Å²) in [6.45, 7) is 13.6. The van der Waals surface area contributed by atoms with E-state index in [1.807, 2.05) is 97.9 Å². The van der Waals surface area contributed by atoms with Crippen LogP contribution in [0, 0.1) is 0 Å². The van der Waals surface area contributed by atoms with Gasteiger partial charge in [0.15, 0.2) is 0 Å². The monoisotopic (exact) mass is 570 g/mol. The van der Waals surface area contributed by atoms with Crippen molar-refractivity contribution in [3.8, 4) is 17.2 Å². The smallest absolute Gasteiger partial charge is 0.226 e. The van der Waals surface area contributed by atoms with E-state index < -0.39 is 0 Å². The molecule has 3 aromatic rings. The Morgan fingerprint density at radius 1 is 0.585 bits per heavy atom. The average Bonchev–Trinajstić information content (AvgIpc) is 3.84. The summed E-state index contributed by atoms with van der Waals surface area (Å²) in [5.74, 6) is 2.72. The van der Waals surface area contributed by atoms with Crippen LogP contribution in [0.15, 0.2) is 91.0 Å². The molecule has 0 saturated carbocycles. The van der Waals surface area contributed by atoms with Crippen molar-refractivity contribution in [3.63, 3.8) is 0 Å². The summed E-state index contributed by atoms with van der Waals surface area (Å²) >= 11 is 0. The minimum absolute atomic E-state index is 0. The van der Waals surface area contributed by atoms with Crippen molar-refractivity contribution in [1.82, 2.24) is 0 Å². The third-order valence-electron chi connectivity index (χ3n) is 4.81. The molecule has 41 heavy (non-hydrogen) atoms. The Hall–Kier alpha value is -3.06. The van der Waals surface area contributed by atoms with Crippen molar-refractivity contribution in [2.24, 2.45) is 0 Å². The summed E-state index contributed by atoms with van der Waals surface area (Å²) < 4.78 is 31.3. The summed E-state index contributed by atoms with van der Waals surface area (Å²) in [6, 6.07) is 29.3. The Morgan fingerprint density at radius 2 is 0.878 bits per heavy atom. The predicted octanol–water partition coefficient (Wildman–Crippen LogP) is 8.84. The molecule has 3 saturated heterocycles. The van der Waals surface area contributed by atoms with E-state index >= 15 is 0 Å². The number of epoxide rings is 3. The molecule has 6 rings (SSSR count). The zero-order valence-corrected chi connectivity index (χ0v) is 24.2. The van der Waals surface area contributed by atoms with Gasteiger partial charge in [0.25, 0.3) is 0 Å². The molecule has 6 heteroatoms. The van der Waals surface area contributed by atoms with Crippen LogP contribution >= 0.6 is 0 Å². The molecule has 0 bridgehead atoms. The number of hydrogen-bond donors (Lipinski definition) is 0. The van der Waals surface area contributed by atoms with Gasteiger partial charge in [0.1, 0.15) is 48.8 Å². The Bertz CT molecular complexity index is 893. The van der Waals surface area contributed by atoms with Gasteiger partial charge in [-0.15, -0.1) is 0 Å². The van der Waals surface area contributed by atoms with Crippen molar-refractivity contribution in [1.29, 1.82) is 0 Å². The van der Waals surface area contributed by atoms with E-state index in [1.165, 1.54) is 12.8 Å². The summed E-state index contributed by atoms with van der Waals surface area (Å²) in [5, 5.41) is 0. The second-order valence-corrected chi connectivity index (χ2v) is 9.21. The summed E-state index contributed by atoms with van der Waals surface area (Å²) in [6.07, 6.45) is 3.43. The first-order valence-electron chi connectivity index (χ1n) is 14.0. The lowest BCUT2D eigenvalue weighted by Crippen LogP contribution is -2.03. The van der Waals surface area contributed by atoms with Gasteiger partial charge in [-0.2, -0.15) is 0 Å². The molecular formula is C35H54O6. The van der Waals surface area contributed by atoms with Crippen molar-refractivity contribution in [2.45, 2.75) is 86.9 Å². The third-order valence-corrected chi connectivity index (χ3v) is 4.81. The molecule has 4 atom stereocenters. The number of ether oxygens (including phenoxy) is 6. The van der Waals surface area contributed by atoms with Crippen LogP contribution in [0.2, 0.25) is 0 Å². The number of para-hydroxylation sites is 3. The van der Waals surface area contributed by atoms with Gasteiger partial charge >= 0.3 is 0 Å². The Kier molecular flexibility index (Phi) is 21.9. The molecular weight excluding hydrogens is 516 g/mol. The largest absolute Gasteiger partial charge is 0.491 e. The molecule has 3 aliphatic heterocycles. The van der Waals surface area contributed by atoms with E-state index in [1.54, 1.807) is 0 Å². The summed E-state index contributed by atoms with van der Waals surface area (Å²) in [5.41, 5.74) is 0. The van der Waals surface area contributed by atoms with Crippen LogP contribution in [-0.4, -0.2) is 51.0 Å². The highest BCUT2D eigenvalue weighted by Crippen LogP contribution is 2.24. The predicted molar refractivity (Wildman–Crippen MR) is 170 cm³/mol. The van der Waals surface area contributed by atoms with E-state index in [-0.39, 0.29) is 27.2 Å². The third kappa shape index (κ3) is 20.5. The van der Waals surface area contributed by atoms with Crippen LogP contribution in [0.4, 0.5) is 0 Å². The standard InChI is InChI=1S/3C9H10O2.2C3H8.2CH4/c1-7-9(10-7)11-8-5-3-2-4-6-8;2*1-2-4-8(5-3-1)10-6-9-7-11-9;2*1-3-2;;/h2-7,9H,1H3;2*1-5,9H,6-7H2;2*3H2,1-2H3;2*1H4. The maximum absolute atomic E-state index is 5.42. The van der Waals surface area contributed by atoms with Crippen LogP contribution < -0.4 is 14.2 Å². The molecule has 3 heterocycles. The number of benzene rings is 3. The molecule has 0 aliphatic carbocycles. The van der Waals surface area contributed by atoms with Gasteiger partial charge in [-0.25, -0.2) is 0 Å². The first kappa shape index (κ1) is 37.9. The van der Waals surface area contributed by atoms with Crippen molar-refractivity contribution < 1.29 is 28.4 Å². The highest BCUT2D eigenvalue weighted by atomic mass is 16.8. The molecule has 3 aromatic carbocycles. The fourth-order valence-corrected chi connectivity index (χ4v) is 2.66. The molecule has 0 spiro atoms. The summed E-state index contributed by atoms with van der Waals surface area (Å²) in [4.78, 5) is 0. The van der Waals surface area contributed by atoms with Gasteiger partial charge in [-0.3, -0.25) is 0 Å². The second-order valence-electron chi connectivity index (χ2n) is 9.21. The lowest BCUT2D eigenvalue weighted by molar-refractivity contribution is 0.178. The summed E-state index contributed by atoms with van der Waals surface area (Å²) in [7, 11) is 0. The Labute approximate surface area is 249 Å². The van der Waals surface area contributed by atoms with E-state index in [9.17, 15) is 0 Å². The maximum atomic E-state index is 5.42. The van der Waals surface area contributed by atoms with Crippen LogP contribution in [-0.2, 0) is 14.2 Å². The topological polar surface area (TPSA) is 65.3 Å². The zero-order valence-electron chi connectivity index (χ0n) is 24.2. The van der Waals surface area contributed by atoms with E-state index in [2.05, 4.69) is 27.7 Å². The fraction of sp³-hybridized carbons (Fsp3) is 0.486. The number of rotatable bonds is 8. The molecule has 6 nitrogen and oxygen atoms in total. The van der Waals surface area contributed by atoms with E-state index in [0.29, 0.717) is 25.4 Å². The first-order valence-corrected chi connectivity index (χ1v) is 14.0. The molecule has 3 aliphatic rings. The molecule has 0 amide bonds. The van der Waals surface area contributed by atoms with Crippen molar-refractivity contribution >= 4 is 0 Å². The molecule has 0 radical (unpaired) electrons. The fourth-order valence-electron chi connectivity index (χ4n) is 2.66. The number of hydrogen-bond acceptors (Lipinski definition) is 6. The minimum Gasteiger partial charge on any atom is -0.491 e. The Balaban J connectivity index is 0.000000522. The van der Waals surface area contributed by atoms with Crippen LogP contribution in [0.5, 0.6) is 17.2 Å². The SMILES string of the molecule is C.C.CC1OC1Oc1ccccc1.CCC.CCC.c1ccc(OCC2CO2)cc1.c1ccc(OCC2CO2)cc1. The highest BCUT2D eigenvalue weighted by molar-refractivity contribution is 5.22. The lowest BCUT2D eigenvalue weighted by Gasteiger charge is -2.01. The normalized spacial score (nSPS) is 19.8. The average molecular weight is 571 g/mol. The van der Waals surface area contributed by atoms with Crippen molar-refractivity contribution in [3.05, 3.63) is 91.0 Å². The molecule has 0 N–H and O–H groups in total. The van der Waals surface area contributed by atoms with E-state index in [4.69, 9.17) is 28.4 Å². The highest BCUT2D eigenvalue weighted by Gasteiger charge is 2.36. The van der Waals surface area contributed by atoms with Crippen molar-refractivity contribution in [2.75, 3.05) is 26.4 Å². The zero-order chi connectivity index (χ0) is 28.1. The molecule has 3 fully saturated rings. The van der Waals surface area contributed by atoms with Crippen LogP contribution in [0.3, 0.4) is 0 Å². The molecule has 230 valence electrons. The minimum atomic E-state index is -0.0163. The van der Waals surface area contributed by atoms with E-state index in [0.717, 1.165) is 30.5 Å². The molecule has 4 unspecified atom stereocenters. The van der Waals surface area contributed by atoms with Gasteiger partial charge in [0.2, 0.25) is 6.29 Å². The second kappa shape index (κ2) is 23.6. The first-order chi connectivity index (χ1) is 19.1. The maximum Gasteiger partial charge on any atom is 0.226 e. The molecule has 0 aromatic heterocycles. The van der Waals surface area contributed by atoms with Gasteiger partial charge < -0.3 is 28.4 Å². The van der Waals surface area contributed by atoms with Crippen LogP contribution in [0.25, 0.3) is 0 Å². The van der Waals surface area contributed by atoms with Gasteiger partial charge in [-0.05, 0) is 43.3 Å². The van der Waals surface area contributed by atoms with Gasteiger partial charge in [0.05, 0.1) is 13.2 Å². The van der Waals surface area contributed by atoms with Crippen LogP contribution in [0.1, 0.15) is 62.3 Å².